The Labute approximate surface area is 388 Å². The molecule has 0 heterocycles. The third-order valence-electron chi connectivity index (χ3n) is 10.9. The number of carbonyl (C=O) groups excluding carboxylic acids is 6. The maximum atomic E-state index is 12.9. The van der Waals surface area contributed by atoms with Crippen molar-refractivity contribution in [1.82, 2.24) is 31.9 Å². The molecule has 9 N–H and O–H groups in total. The molecular weight excluding hydrogens is 924 g/mol. The first kappa shape index (κ1) is 58.6. The van der Waals surface area contributed by atoms with Gasteiger partial charge in [0.05, 0.1) is 45.0 Å². The molecule has 0 aliphatic heterocycles. The molecule has 1 rings (SSSR count). The zero-order valence-corrected chi connectivity index (χ0v) is 39.5. The SMILES string of the molecule is CC(CC(=O)O)C(C)(C)CC(=O)NCC1CCC(C(=O)NC(CCC(=O)NCCOCCOCC(=O)NCCOCCOCC(=O)NC(CCCCNC(=O)CBr)C(=O)O)C(=O)O)CC1. The van der Waals surface area contributed by atoms with E-state index in [9.17, 15) is 53.4 Å². The Hall–Kier alpha value is -4.45. The van der Waals surface area contributed by atoms with Crippen LogP contribution in [-0.4, -0.2) is 165 Å². The third kappa shape index (κ3) is 28.9. The predicted octanol–water partition coefficient (Wildman–Crippen LogP) is 0.335. The molecule has 1 saturated carbocycles. The van der Waals surface area contributed by atoms with Crippen LogP contribution in [0.1, 0.15) is 91.4 Å². The zero-order chi connectivity index (χ0) is 48.6. The second kappa shape index (κ2) is 33.9. The molecular formula is C42H71BrN6O16. The normalized spacial score (nSPS) is 16.2. The van der Waals surface area contributed by atoms with E-state index in [1.54, 1.807) is 0 Å². The Balaban J connectivity index is 2.09. The van der Waals surface area contributed by atoms with E-state index in [-0.39, 0.29) is 145 Å². The van der Waals surface area contributed by atoms with Gasteiger partial charge in [-0.15, -0.1) is 0 Å². The molecule has 1 aliphatic rings. The van der Waals surface area contributed by atoms with E-state index in [0.29, 0.717) is 51.6 Å². The van der Waals surface area contributed by atoms with Gasteiger partial charge in [0, 0.05) is 51.4 Å². The minimum Gasteiger partial charge on any atom is -0.481 e. The summed E-state index contributed by atoms with van der Waals surface area (Å²) < 4.78 is 21.2. The van der Waals surface area contributed by atoms with Gasteiger partial charge in [-0.2, -0.15) is 0 Å². The van der Waals surface area contributed by atoms with E-state index >= 15 is 0 Å². The van der Waals surface area contributed by atoms with Crippen LogP contribution in [-0.2, 0) is 62.1 Å². The van der Waals surface area contributed by atoms with Gasteiger partial charge in [0.25, 0.3) is 0 Å². The van der Waals surface area contributed by atoms with Crippen molar-refractivity contribution in [2.45, 2.75) is 103 Å². The van der Waals surface area contributed by atoms with Gasteiger partial charge < -0.3 is 66.2 Å². The second-order valence-corrected chi connectivity index (χ2v) is 17.2. The molecule has 6 amide bonds. The van der Waals surface area contributed by atoms with Crippen LogP contribution >= 0.6 is 15.9 Å². The van der Waals surface area contributed by atoms with Gasteiger partial charge in [-0.25, -0.2) is 9.59 Å². The molecule has 65 heavy (non-hydrogen) atoms. The highest BCUT2D eigenvalue weighted by Crippen LogP contribution is 2.33. The van der Waals surface area contributed by atoms with Crippen LogP contribution in [0.3, 0.4) is 0 Å². The zero-order valence-electron chi connectivity index (χ0n) is 37.9. The lowest BCUT2D eigenvalue weighted by molar-refractivity contribution is -0.143. The first-order valence-corrected chi connectivity index (χ1v) is 23.2. The molecule has 0 spiro atoms. The average Bonchev–Trinajstić information content (AvgIpc) is 3.24. The number of rotatable bonds is 37. The summed E-state index contributed by atoms with van der Waals surface area (Å²) in [5, 5.41) is 44.1. The molecule has 0 saturated heterocycles. The molecule has 0 bridgehead atoms. The topological polar surface area (TPSA) is 323 Å². The van der Waals surface area contributed by atoms with Gasteiger partial charge >= 0.3 is 17.9 Å². The van der Waals surface area contributed by atoms with Gasteiger partial charge in [0.1, 0.15) is 25.3 Å². The number of alkyl halides is 1. The van der Waals surface area contributed by atoms with Crippen LogP contribution in [0.4, 0.5) is 0 Å². The lowest BCUT2D eigenvalue weighted by Crippen LogP contribution is -2.45. The van der Waals surface area contributed by atoms with Crippen molar-refractivity contribution in [3.8, 4) is 0 Å². The van der Waals surface area contributed by atoms with Crippen LogP contribution in [0.2, 0.25) is 0 Å². The number of unbranched alkanes of at least 4 members (excludes halogenated alkanes) is 1. The van der Waals surface area contributed by atoms with Gasteiger partial charge in [-0.05, 0) is 68.6 Å². The summed E-state index contributed by atoms with van der Waals surface area (Å²) >= 11 is 3.03. The van der Waals surface area contributed by atoms with Crippen molar-refractivity contribution in [3.05, 3.63) is 0 Å². The summed E-state index contributed by atoms with van der Waals surface area (Å²) in [6.07, 6.45) is 3.62. The number of hydrogen-bond acceptors (Lipinski definition) is 13. The summed E-state index contributed by atoms with van der Waals surface area (Å²) in [4.78, 5) is 107. The Morgan fingerprint density at radius 3 is 1.72 bits per heavy atom. The molecule has 0 aromatic rings. The third-order valence-corrected chi connectivity index (χ3v) is 11.4. The molecule has 23 heteroatoms. The number of nitrogens with one attached hydrogen (secondary N) is 6. The Morgan fingerprint density at radius 1 is 0.615 bits per heavy atom. The fraction of sp³-hybridized carbons (Fsp3) is 0.786. The Kier molecular flexibility index (Phi) is 30.6. The molecule has 22 nitrogen and oxygen atoms in total. The number of halogens is 1. The molecule has 1 fully saturated rings. The number of aliphatic carboxylic acids is 3. The summed E-state index contributed by atoms with van der Waals surface area (Å²) in [5.41, 5.74) is -0.485. The number of hydrogen-bond donors (Lipinski definition) is 9. The quantitative estimate of drug-likeness (QED) is 0.0299. The van der Waals surface area contributed by atoms with E-state index in [0.717, 1.165) is 0 Å². The van der Waals surface area contributed by atoms with E-state index in [4.69, 9.17) is 24.1 Å². The first-order valence-electron chi connectivity index (χ1n) is 22.0. The first-order chi connectivity index (χ1) is 30.8. The van der Waals surface area contributed by atoms with Gasteiger partial charge in [0.2, 0.25) is 35.4 Å². The highest BCUT2D eigenvalue weighted by Gasteiger charge is 2.32. The van der Waals surface area contributed by atoms with Crippen LogP contribution < -0.4 is 31.9 Å². The predicted molar refractivity (Wildman–Crippen MR) is 237 cm³/mol. The monoisotopic (exact) mass is 994 g/mol. The van der Waals surface area contributed by atoms with Crippen molar-refractivity contribution in [2.24, 2.45) is 23.2 Å². The fourth-order valence-electron chi connectivity index (χ4n) is 6.57. The summed E-state index contributed by atoms with van der Waals surface area (Å²) in [6, 6.07) is -2.31. The summed E-state index contributed by atoms with van der Waals surface area (Å²) in [6.45, 7) is 6.98. The molecule has 3 unspecified atom stereocenters. The number of amides is 6. The van der Waals surface area contributed by atoms with Crippen molar-refractivity contribution < 1.29 is 77.4 Å². The van der Waals surface area contributed by atoms with Crippen LogP contribution in [0, 0.1) is 23.2 Å². The molecule has 0 radical (unpaired) electrons. The van der Waals surface area contributed by atoms with Crippen LogP contribution in [0.5, 0.6) is 0 Å². The highest BCUT2D eigenvalue weighted by atomic mass is 79.9. The molecule has 1 aliphatic carbocycles. The van der Waals surface area contributed by atoms with E-state index in [2.05, 4.69) is 47.8 Å². The molecule has 372 valence electrons. The number of ether oxygens (including phenoxy) is 4. The highest BCUT2D eigenvalue weighted by molar-refractivity contribution is 9.09. The van der Waals surface area contributed by atoms with Gasteiger partial charge in [-0.1, -0.05) is 36.7 Å². The van der Waals surface area contributed by atoms with Crippen molar-refractivity contribution in [1.29, 1.82) is 0 Å². The largest absolute Gasteiger partial charge is 0.481 e. The summed E-state index contributed by atoms with van der Waals surface area (Å²) in [7, 11) is 0. The van der Waals surface area contributed by atoms with Crippen molar-refractivity contribution in [3.63, 3.8) is 0 Å². The lowest BCUT2D eigenvalue weighted by atomic mass is 9.75. The number of carboxylic acid groups (broad SMARTS) is 3. The summed E-state index contributed by atoms with van der Waals surface area (Å²) in [5.74, 6) is -5.79. The second-order valence-electron chi connectivity index (χ2n) is 16.6. The average molecular weight is 996 g/mol. The standard InChI is InChI=1S/C42H71BrN6O16/c1-28(22-38(55)56)42(2,3)23-34(51)47-25-29-7-9-30(10-8-29)39(57)49-32(41(60)61)11-12-33(50)45-14-16-62-18-20-64-26-36(53)46-15-17-63-19-21-65-27-37(54)48-31(40(58)59)6-4-5-13-44-35(52)24-43/h28-32H,4-27H2,1-3H3,(H,44,52)(H,45,50)(H,46,53)(H,47,51)(H,48,54)(H,49,57)(H,55,56)(H,58,59)(H,60,61). The van der Waals surface area contributed by atoms with Gasteiger partial charge in [-0.3, -0.25) is 33.6 Å². The molecule has 0 aromatic heterocycles. The lowest BCUT2D eigenvalue weighted by Gasteiger charge is -2.31. The van der Waals surface area contributed by atoms with Crippen LogP contribution in [0.15, 0.2) is 0 Å². The molecule has 3 atom stereocenters. The maximum absolute atomic E-state index is 12.9. The van der Waals surface area contributed by atoms with E-state index in [1.807, 2.05) is 20.8 Å². The minimum absolute atomic E-state index is 0.0209. The van der Waals surface area contributed by atoms with Gasteiger partial charge in [0.15, 0.2) is 0 Å². The van der Waals surface area contributed by atoms with Crippen molar-refractivity contribution >= 4 is 69.3 Å². The smallest absolute Gasteiger partial charge is 0.326 e. The van der Waals surface area contributed by atoms with Crippen LogP contribution in [0.25, 0.3) is 0 Å². The Morgan fingerprint density at radius 2 is 1.15 bits per heavy atom. The minimum atomic E-state index is -1.25. The van der Waals surface area contributed by atoms with Crippen molar-refractivity contribution in [2.75, 3.05) is 84.4 Å². The maximum Gasteiger partial charge on any atom is 0.326 e. The van der Waals surface area contributed by atoms with E-state index < -0.39 is 47.2 Å². The Bertz CT molecular complexity index is 1510. The molecule has 0 aromatic carbocycles. The fourth-order valence-corrected chi connectivity index (χ4v) is 6.77. The number of carboxylic acids is 3. The van der Waals surface area contributed by atoms with E-state index in [1.165, 1.54) is 0 Å². The number of carbonyl (C=O) groups is 9.